The van der Waals surface area contributed by atoms with Gasteiger partial charge in [0.15, 0.2) is 16.7 Å². The molecule has 6 heteroatoms. The molecule has 0 bridgehead atoms. The smallest absolute Gasteiger partial charge is 0.166 e. The van der Waals surface area contributed by atoms with E-state index in [-0.39, 0.29) is 0 Å². The van der Waals surface area contributed by atoms with Gasteiger partial charge in [0, 0.05) is 23.5 Å². The summed E-state index contributed by atoms with van der Waals surface area (Å²) in [5.74, 6) is 2.36. The third-order valence-electron chi connectivity index (χ3n) is 4.45. The highest BCUT2D eigenvalue weighted by Gasteiger charge is 2.29. The van der Waals surface area contributed by atoms with E-state index < -0.39 is 0 Å². The first-order chi connectivity index (χ1) is 12.2. The molecule has 2 aromatic carbocycles. The zero-order valence-corrected chi connectivity index (χ0v) is 15.0. The number of amidine groups is 2. The van der Waals surface area contributed by atoms with Gasteiger partial charge >= 0.3 is 0 Å². The Balaban J connectivity index is 1.76. The van der Waals surface area contributed by atoms with Crippen LogP contribution in [0.4, 0.5) is 0 Å². The summed E-state index contributed by atoms with van der Waals surface area (Å²) in [6.07, 6.45) is 1.01. The second-order valence-electron chi connectivity index (χ2n) is 5.90. The zero-order chi connectivity index (χ0) is 17.4. The van der Waals surface area contributed by atoms with Crippen LogP contribution in [0.25, 0.3) is 11.1 Å². The fraction of sp³-hybridized carbons (Fsp3) is 0.263. The lowest BCUT2D eigenvalue weighted by Crippen LogP contribution is -2.42. The monoisotopic (exact) mass is 353 g/mol. The van der Waals surface area contributed by atoms with E-state index in [1.807, 2.05) is 23.1 Å². The molecule has 0 atom stereocenters. The maximum absolute atomic E-state index is 8.31. The number of ether oxygens (including phenoxy) is 2. The fourth-order valence-electron chi connectivity index (χ4n) is 3.18. The van der Waals surface area contributed by atoms with E-state index in [0.29, 0.717) is 16.7 Å². The van der Waals surface area contributed by atoms with Crippen molar-refractivity contribution in [2.24, 2.45) is 4.99 Å². The summed E-state index contributed by atoms with van der Waals surface area (Å²) in [6, 6.07) is 12.2. The number of benzene rings is 2. The minimum absolute atomic E-state index is 0.551. The highest BCUT2D eigenvalue weighted by atomic mass is 32.2. The summed E-state index contributed by atoms with van der Waals surface area (Å²) < 4.78 is 10.7. The predicted molar refractivity (Wildman–Crippen MR) is 101 cm³/mol. The molecule has 5 nitrogen and oxygen atoms in total. The van der Waals surface area contributed by atoms with Gasteiger partial charge in [-0.3, -0.25) is 10.4 Å². The highest BCUT2D eigenvalue weighted by molar-refractivity contribution is 8.14. The number of thioether (sulfide) groups is 1. The summed E-state index contributed by atoms with van der Waals surface area (Å²) in [7, 11) is 3.27. The summed E-state index contributed by atoms with van der Waals surface area (Å²) in [4.78, 5) is 7.73. The molecule has 128 valence electrons. The number of fused-ring (bicyclic) bond motifs is 3. The van der Waals surface area contributed by atoms with Crippen molar-refractivity contribution in [2.45, 2.75) is 11.3 Å². The number of rotatable bonds is 3. The van der Waals surface area contributed by atoms with Crippen LogP contribution in [0.5, 0.6) is 11.5 Å². The first kappa shape index (κ1) is 16.0. The Kier molecular flexibility index (Phi) is 4.13. The quantitative estimate of drug-likeness (QED) is 0.910. The van der Waals surface area contributed by atoms with Crippen molar-refractivity contribution in [3.05, 3.63) is 42.0 Å². The van der Waals surface area contributed by atoms with Crippen LogP contribution in [0, 0.1) is 5.41 Å². The first-order valence-corrected chi connectivity index (χ1v) is 8.98. The molecule has 2 aromatic rings. The van der Waals surface area contributed by atoms with E-state index in [4.69, 9.17) is 14.9 Å². The number of methoxy groups -OCH3 is 2. The molecule has 0 saturated heterocycles. The molecular formula is C19H19N3O2S. The van der Waals surface area contributed by atoms with Crippen molar-refractivity contribution >= 4 is 22.8 Å². The van der Waals surface area contributed by atoms with E-state index in [1.54, 1.807) is 14.2 Å². The number of nitrogens with one attached hydrogen (secondary N) is 1. The largest absolute Gasteiger partial charge is 0.493 e. The lowest BCUT2D eigenvalue weighted by molar-refractivity contribution is 0.355. The fourth-order valence-corrected chi connectivity index (χ4v) is 4.13. The Morgan fingerprint density at radius 1 is 1.04 bits per heavy atom. The van der Waals surface area contributed by atoms with Crippen LogP contribution in [-0.2, 0) is 0 Å². The van der Waals surface area contributed by atoms with E-state index in [9.17, 15) is 0 Å². The Bertz CT molecular complexity index is 879. The van der Waals surface area contributed by atoms with Crippen LogP contribution in [0.1, 0.15) is 12.0 Å². The third-order valence-corrected chi connectivity index (χ3v) is 5.42. The van der Waals surface area contributed by atoms with Crippen LogP contribution in [0.2, 0.25) is 0 Å². The van der Waals surface area contributed by atoms with Crippen LogP contribution in [0.3, 0.4) is 0 Å². The van der Waals surface area contributed by atoms with Gasteiger partial charge < -0.3 is 14.4 Å². The molecule has 0 saturated carbocycles. The normalized spacial score (nSPS) is 16.0. The van der Waals surface area contributed by atoms with Gasteiger partial charge in [0.2, 0.25) is 0 Å². The van der Waals surface area contributed by atoms with Crippen molar-refractivity contribution in [1.82, 2.24) is 4.90 Å². The molecule has 0 spiro atoms. The lowest BCUT2D eigenvalue weighted by Gasteiger charge is -2.34. The highest BCUT2D eigenvalue weighted by Crippen LogP contribution is 2.38. The molecule has 4 rings (SSSR count). The van der Waals surface area contributed by atoms with Gasteiger partial charge in [-0.25, -0.2) is 0 Å². The maximum Gasteiger partial charge on any atom is 0.166 e. The van der Waals surface area contributed by atoms with E-state index in [0.717, 1.165) is 46.9 Å². The first-order valence-electron chi connectivity index (χ1n) is 8.16. The molecule has 0 radical (unpaired) electrons. The van der Waals surface area contributed by atoms with Crippen LogP contribution in [0.15, 0.2) is 46.3 Å². The van der Waals surface area contributed by atoms with E-state index in [2.05, 4.69) is 23.2 Å². The summed E-state index contributed by atoms with van der Waals surface area (Å²) in [5.41, 5.74) is 3.26. The average Bonchev–Trinajstić information content (AvgIpc) is 2.67. The lowest BCUT2D eigenvalue weighted by atomic mass is 10.0. The third kappa shape index (κ3) is 2.76. The van der Waals surface area contributed by atoms with Gasteiger partial charge in [0.05, 0.1) is 14.2 Å². The van der Waals surface area contributed by atoms with E-state index >= 15 is 0 Å². The number of nitrogens with zero attached hydrogens (tertiary/aromatic N) is 2. The minimum Gasteiger partial charge on any atom is -0.493 e. The Morgan fingerprint density at radius 2 is 1.80 bits per heavy atom. The van der Waals surface area contributed by atoms with Crippen molar-refractivity contribution in [3.8, 4) is 22.6 Å². The average molecular weight is 353 g/mol. The molecule has 0 aromatic heterocycles. The van der Waals surface area contributed by atoms with Gasteiger partial charge in [-0.2, -0.15) is 0 Å². The molecule has 2 aliphatic rings. The topological polar surface area (TPSA) is 57.9 Å². The van der Waals surface area contributed by atoms with Crippen LogP contribution >= 0.6 is 11.8 Å². The second kappa shape index (κ2) is 6.44. The molecule has 0 aliphatic carbocycles. The van der Waals surface area contributed by atoms with Gasteiger partial charge in [0.1, 0.15) is 5.84 Å². The SMILES string of the molecule is COc1ccc(-c2ccc3c(c2)SC(=N)N2CCCN=C32)cc1OC. The van der Waals surface area contributed by atoms with E-state index in [1.165, 1.54) is 11.8 Å². The maximum atomic E-state index is 8.31. The molecular weight excluding hydrogens is 334 g/mol. The molecule has 25 heavy (non-hydrogen) atoms. The van der Waals surface area contributed by atoms with Crippen molar-refractivity contribution in [3.63, 3.8) is 0 Å². The summed E-state index contributed by atoms with van der Waals surface area (Å²) in [5, 5.41) is 8.86. The van der Waals surface area contributed by atoms with Gasteiger partial charge in [-0.15, -0.1) is 0 Å². The standard InChI is InChI=1S/C19H19N3O2S/c1-23-15-7-5-12(10-16(15)24-2)13-4-6-14-17(11-13)25-19(20)22-9-3-8-21-18(14)22/h4-7,10-11,20H,3,8-9H2,1-2H3. The number of aliphatic imine (C=N–C) groups is 1. The van der Waals surface area contributed by atoms with Gasteiger partial charge in [0.25, 0.3) is 0 Å². The Morgan fingerprint density at radius 3 is 2.60 bits per heavy atom. The van der Waals surface area contributed by atoms with Crippen molar-refractivity contribution < 1.29 is 9.47 Å². The van der Waals surface area contributed by atoms with Crippen molar-refractivity contribution in [1.29, 1.82) is 5.41 Å². The minimum atomic E-state index is 0.551. The molecule has 1 N–H and O–H groups in total. The number of hydrogen-bond acceptors (Lipinski definition) is 5. The number of hydrogen-bond donors (Lipinski definition) is 1. The summed E-state index contributed by atoms with van der Waals surface area (Å²) in [6.45, 7) is 1.71. The Hall–Kier alpha value is -2.47. The second-order valence-corrected chi connectivity index (χ2v) is 6.93. The van der Waals surface area contributed by atoms with Gasteiger partial charge in [-0.1, -0.05) is 23.9 Å². The zero-order valence-electron chi connectivity index (χ0n) is 14.2. The Labute approximate surface area is 151 Å². The molecule has 2 heterocycles. The molecule has 0 amide bonds. The molecule has 2 aliphatic heterocycles. The molecule has 0 fully saturated rings. The van der Waals surface area contributed by atoms with Crippen LogP contribution < -0.4 is 9.47 Å². The van der Waals surface area contributed by atoms with Crippen molar-refractivity contribution in [2.75, 3.05) is 27.3 Å². The predicted octanol–water partition coefficient (Wildman–Crippen LogP) is 3.86. The van der Waals surface area contributed by atoms with Gasteiger partial charge in [-0.05, 0) is 41.8 Å². The molecule has 0 unspecified atom stereocenters. The summed E-state index contributed by atoms with van der Waals surface area (Å²) >= 11 is 1.50. The van der Waals surface area contributed by atoms with Crippen LogP contribution in [-0.4, -0.2) is 43.2 Å².